The molecule has 96 valence electrons. The first-order valence-corrected chi connectivity index (χ1v) is 6.61. The number of carbonyl (C=O) groups excluding carboxylic acids is 2. The molecule has 1 aliphatic heterocycles. The monoisotopic (exact) mass is 269 g/mol. The third kappa shape index (κ3) is 1.76. The summed E-state index contributed by atoms with van der Waals surface area (Å²) in [4.78, 5) is 22.5. The Bertz CT molecular complexity index is 622. The number of rotatable bonds is 1. The van der Waals surface area contributed by atoms with E-state index in [1.165, 1.54) is 12.1 Å². The fourth-order valence-electron chi connectivity index (χ4n) is 1.88. The van der Waals surface area contributed by atoms with Gasteiger partial charge in [-0.1, -0.05) is 18.2 Å². The van der Waals surface area contributed by atoms with Gasteiger partial charge in [0.1, 0.15) is 0 Å². The zero-order valence-electron chi connectivity index (χ0n) is 9.78. The first-order chi connectivity index (χ1) is 8.35. The molecule has 1 aromatic carbocycles. The minimum absolute atomic E-state index is 0.00792. The van der Waals surface area contributed by atoms with Crippen molar-refractivity contribution in [3.63, 3.8) is 0 Å². The zero-order chi connectivity index (χ0) is 13.5. The molecule has 1 unspecified atom stereocenters. The average Bonchev–Trinajstić information content (AvgIpc) is 2.47. The summed E-state index contributed by atoms with van der Waals surface area (Å²) in [6, 6.07) is 6.06. The van der Waals surface area contributed by atoms with Crippen LogP contribution in [0.5, 0.6) is 0 Å². The Labute approximate surface area is 104 Å². The number of esters is 1. The van der Waals surface area contributed by atoms with Gasteiger partial charge in [-0.25, -0.2) is 8.42 Å². The molecule has 0 radical (unpaired) electrons. The predicted molar refractivity (Wildman–Crippen MR) is 60.7 cm³/mol. The molecule has 1 aromatic rings. The van der Waals surface area contributed by atoms with E-state index in [-0.39, 0.29) is 4.90 Å². The lowest BCUT2D eigenvalue weighted by Crippen LogP contribution is -2.34. The third-order valence-corrected chi connectivity index (χ3v) is 4.42. The molecule has 7 heteroatoms. The van der Waals surface area contributed by atoms with Crippen molar-refractivity contribution >= 4 is 21.9 Å². The molecule has 1 heterocycles. The quantitative estimate of drug-likeness (QED) is 0.704. The number of fused-ring (bicyclic) bond motifs is 1. The molecule has 0 spiro atoms. The van der Waals surface area contributed by atoms with E-state index in [0.29, 0.717) is 9.87 Å². The van der Waals surface area contributed by atoms with Gasteiger partial charge < -0.3 is 4.74 Å². The number of hydrogen-bond acceptors (Lipinski definition) is 5. The molecule has 2 rings (SSSR count). The minimum atomic E-state index is -3.93. The van der Waals surface area contributed by atoms with Crippen molar-refractivity contribution in [2.24, 2.45) is 0 Å². The van der Waals surface area contributed by atoms with Crippen LogP contribution in [0.15, 0.2) is 29.2 Å². The molecule has 1 atom stereocenters. The van der Waals surface area contributed by atoms with Gasteiger partial charge in [-0.15, -0.1) is 0 Å². The van der Waals surface area contributed by atoms with Crippen molar-refractivity contribution in [2.75, 3.05) is 0 Å². The Hall–Kier alpha value is -1.89. The van der Waals surface area contributed by atoms with E-state index >= 15 is 0 Å². The summed E-state index contributed by atoms with van der Waals surface area (Å²) in [7, 11) is -3.93. The molecule has 0 bridgehead atoms. The van der Waals surface area contributed by atoms with Crippen LogP contribution in [-0.4, -0.2) is 24.6 Å². The van der Waals surface area contributed by atoms with Crippen molar-refractivity contribution in [1.29, 1.82) is 0 Å². The van der Waals surface area contributed by atoms with Crippen molar-refractivity contribution in [2.45, 2.75) is 25.0 Å². The van der Waals surface area contributed by atoms with E-state index in [2.05, 4.69) is 0 Å². The number of carbonyl (C=O) groups is 2. The van der Waals surface area contributed by atoms with E-state index in [4.69, 9.17) is 4.74 Å². The van der Waals surface area contributed by atoms with Crippen LogP contribution in [0.2, 0.25) is 0 Å². The van der Waals surface area contributed by atoms with Crippen molar-refractivity contribution in [3.8, 4) is 0 Å². The van der Waals surface area contributed by atoms with Gasteiger partial charge in [-0.2, -0.15) is 4.31 Å². The van der Waals surface area contributed by atoms with Crippen LogP contribution in [0.25, 0.3) is 0 Å². The summed E-state index contributed by atoms with van der Waals surface area (Å²) in [5, 5.41) is 0. The number of ether oxygens (including phenoxy) is 1. The zero-order valence-corrected chi connectivity index (χ0v) is 10.6. The molecule has 6 nitrogen and oxygen atoms in total. The second-order valence-electron chi connectivity index (χ2n) is 3.82. The number of hydrogen-bond donors (Lipinski definition) is 0. The highest BCUT2D eigenvalue weighted by atomic mass is 32.2. The fraction of sp³-hybridized carbons (Fsp3) is 0.273. The Kier molecular flexibility index (Phi) is 2.86. The highest BCUT2D eigenvalue weighted by Crippen LogP contribution is 2.39. The van der Waals surface area contributed by atoms with Crippen LogP contribution < -0.4 is 0 Å². The van der Waals surface area contributed by atoms with Gasteiger partial charge in [0, 0.05) is 19.4 Å². The molecular formula is C11H11NO5S. The lowest BCUT2D eigenvalue weighted by Gasteiger charge is -2.21. The molecule has 18 heavy (non-hydrogen) atoms. The number of amides is 1. The number of nitrogens with zero attached hydrogens (tertiary/aromatic N) is 1. The maximum Gasteiger partial charge on any atom is 0.304 e. The summed E-state index contributed by atoms with van der Waals surface area (Å²) < 4.78 is 29.8. The smallest absolute Gasteiger partial charge is 0.304 e. The van der Waals surface area contributed by atoms with Crippen LogP contribution in [0.3, 0.4) is 0 Å². The van der Waals surface area contributed by atoms with Gasteiger partial charge in [0.2, 0.25) is 12.1 Å². The van der Waals surface area contributed by atoms with Gasteiger partial charge in [-0.3, -0.25) is 9.59 Å². The SMILES string of the molecule is CC(=O)OC1c2ccccc2S(=O)(=O)N1C(C)=O. The van der Waals surface area contributed by atoms with Crippen LogP contribution in [0, 0.1) is 0 Å². The van der Waals surface area contributed by atoms with E-state index in [1.54, 1.807) is 12.1 Å². The van der Waals surface area contributed by atoms with Crippen LogP contribution in [0.4, 0.5) is 0 Å². The highest BCUT2D eigenvalue weighted by Gasteiger charge is 2.46. The van der Waals surface area contributed by atoms with Crippen LogP contribution in [-0.2, 0) is 24.3 Å². The fourth-order valence-corrected chi connectivity index (χ4v) is 3.56. The summed E-state index contributed by atoms with van der Waals surface area (Å²) in [5.74, 6) is -1.35. The summed E-state index contributed by atoms with van der Waals surface area (Å²) in [6.07, 6.45) is -1.21. The van der Waals surface area contributed by atoms with E-state index in [0.717, 1.165) is 13.8 Å². The Morgan fingerprint density at radius 1 is 1.22 bits per heavy atom. The normalized spacial score (nSPS) is 20.3. The third-order valence-electron chi connectivity index (χ3n) is 2.52. The Balaban J connectivity index is 2.63. The van der Waals surface area contributed by atoms with Crippen molar-refractivity contribution in [3.05, 3.63) is 29.8 Å². The Morgan fingerprint density at radius 3 is 2.39 bits per heavy atom. The lowest BCUT2D eigenvalue weighted by molar-refractivity contribution is -0.155. The second kappa shape index (κ2) is 4.09. The van der Waals surface area contributed by atoms with Crippen molar-refractivity contribution in [1.82, 2.24) is 4.31 Å². The van der Waals surface area contributed by atoms with Gasteiger partial charge >= 0.3 is 5.97 Å². The maximum atomic E-state index is 12.1. The second-order valence-corrected chi connectivity index (χ2v) is 5.60. The molecule has 0 aromatic heterocycles. The summed E-state index contributed by atoms with van der Waals surface area (Å²) in [6.45, 7) is 2.27. The first kappa shape index (κ1) is 12.6. The summed E-state index contributed by atoms with van der Waals surface area (Å²) >= 11 is 0. The number of benzene rings is 1. The first-order valence-electron chi connectivity index (χ1n) is 5.17. The minimum Gasteiger partial charge on any atom is -0.436 e. The van der Waals surface area contributed by atoms with Crippen LogP contribution in [0.1, 0.15) is 25.6 Å². The van der Waals surface area contributed by atoms with Gasteiger partial charge in [0.15, 0.2) is 0 Å². The van der Waals surface area contributed by atoms with Gasteiger partial charge in [0.05, 0.1) is 4.90 Å². The summed E-state index contributed by atoms with van der Waals surface area (Å²) in [5.41, 5.74) is 0.294. The van der Waals surface area contributed by atoms with E-state index in [9.17, 15) is 18.0 Å². The molecule has 0 saturated heterocycles. The average molecular weight is 269 g/mol. The standard InChI is InChI=1S/C11H11NO5S/c1-7(13)12-11(17-8(2)14)9-5-3-4-6-10(9)18(12,15)16/h3-6,11H,1-2H3. The van der Waals surface area contributed by atoms with Crippen LogP contribution >= 0.6 is 0 Å². The Morgan fingerprint density at radius 2 is 1.83 bits per heavy atom. The molecule has 0 saturated carbocycles. The van der Waals surface area contributed by atoms with Gasteiger partial charge in [0.25, 0.3) is 10.0 Å². The van der Waals surface area contributed by atoms with Crippen molar-refractivity contribution < 1.29 is 22.7 Å². The maximum absolute atomic E-state index is 12.1. The largest absolute Gasteiger partial charge is 0.436 e. The molecule has 0 fully saturated rings. The number of sulfonamides is 1. The topological polar surface area (TPSA) is 80.8 Å². The highest BCUT2D eigenvalue weighted by molar-refractivity contribution is 7.90. The van der Waals surface area contributed by atoms with E-state index < -0.39 is 28.1 Å². The molecule has 0 N–H and O–H groups in total. The van der Waals surface area contributed by atoms with Gasteiger partial charge in [-0.05, 0) is 6.07 Å². The molecule has 1 amide bonds. The molecule has 0 aliphatic carbocycles. The lowest BCUT2D eigenvalue weighted by atomic mass is 10.2. The molecule has 1 aliphatic rings. The predicted octanol–water partition coefficient (Wildman–Crippen LogP) is 0.799. The molecular weight excluding hydrogens is 258 g/mol. The van der Waals surface area contributed by atoms with E-state index in [1.807, 2.05) is 0 Å².